The summed E-state index contributed by atoms with van der Waals surface area (Å²) in [6.45, 7) is 18.5. The zero-order valence-electron chi connectivity index (χ0n) is 23.9. The van der Waals surface area contributed by atoms with Crippen LogP contribution >= 0.6 is 0 Å². The van der Waals surface area contributed by atoms with Crippen molar-refractivity contribution in [2.45, 2.75) is 129 Å². The monoisotopic (exact) mass is 505 g/mol. The topological polar surface area (TPSA) is 52.7 Å². The van der Waals surface area contributed by atoms with Crippen LogP contribution in [0.3, 0.4) is 0 Å². The molecule has 2 saturated heterocycles. The van der Waals surface area contributed by atoms with Gasteiger partial charge in [-0.15, -0.1) is 0 Å². The van der Waals surface area contributed by atoms with Gasteiger partial charge in [0.05, 0.1) is 25.4 Å². The van der Waals surface area contributed by atoms with Gasteiger partial charge in [-0.3, -0.25) is 4.84 Å². The maximum absolute atomic E-state index is 6.84. The Morgan fingerprint density at radius 1 is 0.944 bits per heavy atom. The van der Waals surface area contributed by atoms with E-state index in [2.05, 4.69) is 65.7 Å². The molecule has 36 heavy (non-hydrogen) atoms. The minimum atomic E-state index is -0.576. The van der Waals surface area contributed by atoms with Gasteiger partial charge in [-0.2, -0.15) is 5.06 Å². The molecule has 1 aromatic carbocycles. The zero-order valence-corrected chi connectivity index (χ0v) is 23.9. The molecule has 2 aliphatic rings. The highest BCUT2D eigenvalue weighted by Gasteiger charge is 2.57. The lowest BCUT2D eigenvalue weighted by Crippen LogP contribution is -2.68. The maximum Gasteiger partial charge on any atom is 0.171 e. The fraction of sp³-hybridized carbons (Fsp3) is 0.800. The summed E-state index contributed by atoms with van der Waals surface area (Å²) in [5.74, 6) is 0.294. The zero-order chi connectivity index (χ0) is 26.2. The van der Waals surface area contributed by atoms with Crippen molar-refractivity contribution in [2.24, 2.45) is 0 Å². The Bertz CT molecular complexity index is 762. The minimum absolute atomic E-state index is 0.0860. The summed E-state index contributed by atoms with van der Waals surface area (Å²) in [5, 5.41) is 2.30. The molecular weight excluding hydrogens is 454 g/mol. The molecule has 2 atom stereocenters. The Labute approximate surface area is 219 Å². The molecule has 3 rings (SSSR count). The number of hydrogen-bond donors (Lipinski definition) is 0. The van der Waals surface area contributed by atoms with E-state index < -0.39 is 5.79 Å². The fourth-order valence-corrected chi connectivity index (χ4v) is 5.51. The van der Waals surface area contributed by atoms with E-state index in [1.54, 1.807) is 0 Å². The summed E-state index contributed by atoms with van der Waals surface area (Å²) in [6, 6.07) is 8.27. The van der Waals surface area contributed by atoms with Gasteiger partial charge >= 0.3 is 0 Å². The highest BCUT2D eigenvalue weighted by Crippen LogP contribution is 2.50. The molecule has 6 nitrogen and oxygen atoms in total. The van der Waals surface area contributed by atoms with Crippen molar-refractivity contribution < 1.29 is 23.8 Å². The number of rotatable bonds is 16. The third-order valence-corrected chi connectivity index (χ3v) is 7.77. The number of hydrogen-bond acceptors (Lipinski definition) is 6. The molecule has 0 saturated carbocycles. The van der Waals surface area contributed by atoms with Gasteiger partial charge in [-0.1, -0.05) is 52.7 Å². The normalized spacial score (nSPS) is 23.4. The SMILES string of the molecule is CCCCOC1(OCCCC)CC(C)(C)N(OC(C)c2ccc(OCC3CO3)cc2)C(CC)(CC)C1. The Morgan fingerprint density at radius 2 is 1.53 bits per heavy atom. The van der Waals surface area contributed by atoms with Crippen LogP contribution in [0.5, 0.6) is 5.75 Å². The third-order valence-electron chi connectivity index (χ3n) is 7.77. The van der Waals surface area contributed by atoms with Crippen molar-refractivity contribution in [3.8, 4) is 5.75 Å². The van der Waals surface area contributed by atoms with Crippen LogP contribution in [-0.4, -0.2) is 54.5 Å². The van der Waals surface area contributed by atoms with Crippen LogP contribution < -0.4 is 4.74 Å². The average molecular weight is 506 g/mol. The van der Waals surface area contributed by atoms with E-state index in [1.165, 1.54) is 0 Å². The number of nitrogens with zero attached hydrogens (tertiary/aromatic N) is 1. The van der Waals surface area contributed by atoms with Gasteiger partial charge in [0.1, 0.15) is 24.6 Å². The van der Waals surface area contributed by atoms with E-state index in [4.69, 9.17) is 23.8 Å². The summed E-state index contributed by atoms with van der Waals surface area (Å²) in [4.78, 5) is 6.84. The highest BCUT2D eigenvalue weighted by atomic mass is 16.7. The van der Waals surface area contributed by atoms with Crippen LogP contribution in [0.1, 0.15) is 112 Å². The van der Waals surface area contributed by atoms with Crippen LogP contribution in [0.25, 0.3) is 0 Å². The molecule has 206 valence electrons. The van der Waals surface area contributed by atoms with Gasteiger partial charge in [0.2, 0.25) is 0 Å². The van der Waals surface area contributed by atoms with Gasteiger partial charge in [0.15, 0.2) is 5.79 Å². The van der Waals surface area contributed by atoms with Gasteiger partial charge in [-0.25, -0.2) is 0 Å². The maximum atomic E-state index is 6.84. The number of piperidine rings is 1. The second kappa shape index (κ2) is 13.1. The second-order valence-electron chi connectivity index (χ2n) is 11.3. The van der Waals surface area contributed by atoms with Gasteiger partial charge in [0.25, 0.3) is 0 Å². The van der Waals surface area contributed by atoms with Gasteiger partial charge < -0.3 is 18.9 Å². The number of hydroxylamine groups is 2. The molecule has 1 aromatic rings. The number of unbranched alkanes of at least 4 members (excludes halogenated alkanes) is 2. The van der Waals surface area contributed by atoms with Gasteiger partial charge in [0, 0.05) is 18.4 Å². The quantitative estimate of drug-likeness (QED) is 0.134. The van der Waals surface area contributed by atoms with Crippen LogP contribution in [-0.2, 0) is 19.0 Å². The van der Waals surface area contributed by atoms with Crippen molar-refractivity contribution in [1.82, 2.24) is 5.06 Å². The summed E-state index contributed by atoms with van der Waals surface area (Å²) < 4.78 is 24.3. The van der Waals surface area contributed by atoms with Crippen molar-refractivity contribution >= 4 is 0 Å². The first-order valence-corrected chi connectivity index (χ1v) is 14.3. The number of epoxide rings is 1. The molecule has 0 aliphatic carbocycles. The molecule has 2 fully saturated rings. The van der Waals surface area contributed by atoms with E-state index in [-0.39, 0.29) is 23.3 Å². The Morgan fingerprint density at radius 3 is 2.03 bits per heavy atom. The molecule has 2 heterocycles. The molecule has 6 heteroatoms. The van der Waals surface area contributed by atoms with Crippen LogP contribution in [0, 0.1) is 0 Å². The summed E-state index contributed by atoms with van der Waals surface area (Å²) in [5.41, 5.74) is 0.698. The first-order valence-electron chi connectivity index (χ1n) is 14.3. The largest absolute Gasteiger partial charge is 0.491 e. The van der Waals surface area contributed by atoms with Crippen LogP contribution in [0.2, 0.25) is 0 Å². The van der Waals surface area contributed by atoms with Crippen molar-refractivity contribution in [3.63, 3.8) is 0 Å². The highest BCUT2D eigenvalue weighted by molar-refractivity contribution is 5.28. The van der Waals surface area contributed by atoms with E-state index in [0.717, 1.165) is 82.5 Å². The van der Waals surface area contributed by atoms with Crippen molar-refractivity contribution in [3.05, 3.63) is 29.8 Å². The number of ether oxygens (including phenoxy) is 4. The predicted octanol–water partition coefficient (Wildman–Crippen LogP) is 7.22. The second-order valence-corrected chi connectivity index (χ2v) is 11.3. The Kier molecular flexibility index (Phi) is 10.7. The molecule has 0 amide bonds. The predicted molar refractivity (Wildman–Crippen MR) is 144 cm³/mol. The first kappa shape index (κ1) is 29.4. The van der Waals surface area contributed by atoms with Gasteiger partial charge in [-0.05, 0) is 64.2 Å². The van der Waals surface area contributed by atoms with Crippen LogP contribution in [0.15, 0.2) is 24.3 Å². The molecule has 0 bridgehead atoms. The summed E-state index contributed by atoms with van der Waals surface area (Å²) in [7, 11) is 0. The minimum Gasteiger partial charge on any atom is -0.491 e. The average Bonchev–Trinajstić information content (AvgIpc) is 3.69. The smallest absolute Gasteiger partial charge is 0.171 e. The van der Waals surface area contributed by atoms with E-state index >= 15 is 0 Å². The number of benzene rings is 1. The molecule has 2 aliphatic heterocycles. The Balaban J connectivity index is 1.78. The molecule has 0 N–H and O–H groups in total. The molecule has 2 unspecified atom stereocenters. The van der Waals surface area contributed by atoms with E-state index in [0.29, 0.717) is 6.61 Å². The lowest BCUT2D eigenvalue weighted by Gasteiger charge is -2.60. The molecular formula is C30H51NO5. The van der Waals surface area contributed by atoms with Crippen LogP contribution in [0.4, 0.5) is 0 Å². The third kappa shape index (κ3) is 7.44. The summed E-state index contributed by atoms with van der Waals surface area (Å²) >= 11 is 0. The standard InChI is InChI=1S/C30H51NO5/c1-8-12-18-34-30(35-19-13-9-2)22-28(6,7)31(29(10-3,11-4)23-30)36-24(5)25-14-16-26(17-15-25)32-20-27-21-33-27/h14-17,24,27H,8-13,18-23H2,1-7H3. The first-order chi connectivity index (χ1) is 17.2. The lowest BCUT2D eigenvalue weighted by atomic mass is 9.73. The van der Waals surface area contributed by atoms with E-state index in [1.807, 2.05) is 12.1 Å². The lowest BCUT2D eigenvalue weighted by molar-refractivity contribution is -0.375. The van der Waals surface area contributed by atoms with E-state index in [9.17, 15) is 0 Å². The summed E-state index contributed by atoms with van der Waals surface area (Å²) in [6.07, 6.45) is 8.02. The molecule has 0 spiro atoms. The molecule has 0 radical (unpaired) electrons. The fourth-order valence-electron chi connectivity index (χ4n) is 5.51. The Hall–Kier alpha value is -1.18. The van der Waals surface area contributed by atoms with Crippen molar-refractivity contribution in [2.75, 3.05) is 26.4 Å². The van der Waals surface area contributed by atoms with Crippen molar-refractivity contribution in [1.29, 1.82) is 0 Å². The molecule has 0 aromatic heterocycles.